The van der Waals surface area contributed by atoms with Crippen molar-refractivity contribution in [3.05, 3.63) is 13.6 Å². The van der Waals surface area contributed by atoms with Crippen LogP contribution in [0.2, 0.25) is 0 Å². The summed E-state index contributed by atoms with van der Waals surface area (Å²) in [7, 11) is -1.93. The van der Waals surface area contributed by atoms with Crippen LogP contribution in [0.1, 0.15) is 6.92 Å². The second-order valence-corrected chi connectivity index (χ2v) is 8.57. The third kappa shape index (κ3) is 3.78. The molecule has 0 spiro atoms. The first-order valence-electron chi connectivity index (χ1n) is 4.34. The molecule has 92 valence electrons. The van der Waals surface area contributed by atoms with Crippen LogP contribution in [-0.4, -0.2) is 28.2 Å². The minimum absolute atomic E-state index is 0.157. The van der Waals surface area contributed by atoms with E-state index in [-0.39, 0.29) is 17.5 Å². The highest BCUT2D eigenvalue weighted by atomic mass is 79.9. The normalized spacial score (nSPS) is 14.0. The molecule has 4 nitrogen and oxygen atoms in total. The van der Waals surface area contributed by atoms with Crippen LogP contribution in [0, 0.1) is 0 Å². The van der Waals surface area contributed by atoms with Gasteiger partial charge in [-0.2, -0.15) is 0 Å². The molecule has 0 saturated heterocycles. The number of rotatable bonds is 5. The fourth-order valence-electron chi connectivity index (χ4n) is 0.897. The fourth-order valence-corrected chi connectivity index (χ4v) is 5.82. The SMILES string of the molecule is COC(C)CNS(=O)(=O)c1cc(Br)sc1Br. The summed E-state index contributed by atoms with van der Waals surface area (Å²) in [4.78, 5) is 0.243. The predicted molar refractivity (Wildman–Crippen MR) is 71.4 cm³/mol. The first-order chi connectivity index (χ1) is 7.36. The van der Waals surface area contributed by atoms with Crippen LogP contribution >= 0.6 is 43.2 Å². The molecule has 1 rings (SSSR count). The Bertz CT molecular complexity index is 458. The van der Waals surface area contributed by atoms with Crippen molar-refractivity contribution in [3.8, 4) is 0 Å². The zero-order valence-corrected chi connectivity index (χ0v) is 13.5. The average molecular weight is 393 g/mol. The Hall–Kier alpha value is 0.530. The quantitative estimate of drug-likeness (QED) is 0.837. The van der Waals surface area contributed by atoms with Gasteiger partial charge in [0, 0.05) is 13.7 Å². The van der Waals surface area contributed by atoms with E-state index in [1.54, 1.807) is 13.0 Å². The molecule has 1 N–H and O–H groups in total. The summed E-state index contributed by atoms with van der Waals surface area (Å²) < 4.78 is 32.6. The number of ether oxygens (including phenoxy) is 1. The second-order valence-electron chi connectivity index (χ2n) is 3.09. The standard InChI is InChI=1S/C8H11Br2NO3S2/c1-5(14-2)4-11-16(12,13)6-3-7(9)15-8(6)10/h3,5,11H,4H2,1-2H3. The smallest absolute Gasteiger partial charge is 0.242 e. The van der Waals surface area contributed by atoms with Gasteiger partial charge in [0.1, 0.15) is 4.90 Å². The molecule has 0 saturated carbocycles. The molecule has 0 amide bonds. The van der Waals surface area contributed by atoms with E-state index in [4.69, 9.17) is 4.74 Å². The topological polar surface area (TPSA) is 55.4 Å². The Kier molecular flexibility index (Phi) is 5.40. The summed E-state index contributed by atoms with van der Waals surface area (Å²) in [5.41, 5.74) is 0. The molecular weight excluding hydrogens is 382 g/mol. The third-order valence-electron chi connectivity index (χ3n) is 1.88. The number of hydrogen-bond donors (Lipinski definition) is 1. The maximum Gasteiger partial charge on any atom is 0.242 e. The number of nitrogens with one attached hydrogen (secondary N) is 1. The number of halogens is 2. The number of methoxy groups -OCH3 is 1. The Morgan fingerprint density at radius 1 is 1.56 bits per heavy atom. The lowest BCUT2D eigenvalue weighted by molar-refractivity contribution is 0.122. The molecule has 0 aliphatic heterocycles. The van der Waals surface area contributed by atoms with Gasteiger partial charge in [-0.3, -0.25) is 0 Å². The lowest BCUT2D eigenvalue weighted by Gasteiger charge is -2.10. The highest BCUT2D eigenvalue weighted by Gasteiger charge is 2.20. The van der Waals surface area contributed by atoms with Crippen molar-refractivity contribution in [1.29, 1.82) is 0 Å². The van der Waals surface area contributed by atoms with Gasteiger partial charge in [0.05, 0.1) is 13.7 Å². The minimum Gasteiger partial charge on any atom is -0.380 e. The van der Waals surface area contributed by atoms with Crippen LogP contribution in [0.4, 0.5) is 0 Å². The summed E-state index contributed by atoms with van der Waals surface area (Å²) in [6, 6.07) is 1.56. The van der Waals surface area contributed by atoms with Gasteiger partial charge in [0.2, 0.25) is 10.0 Å². The Labute approximate surface area is 116 Å². The minimum atomic E-state index is -3.47. The van der Waals surface area contributed by atoms with E-state index >= 15 is 0 Å². The van der Waals surface area contributed by atoms with Crippen LogP contribution in [0.3, 0.4) is 0 Å². The molecule has 0 aliphatic carbocycles. The Balaban J connectivity index is 2.82. The van der Waals surface area contributed by atoms with Crippen molar-refractivity contribution < 1.29 is 13.2 Å². The lowest BCUT2D eigenvalue weighted by Crippen LogP contribution is -2.31. The largest absolute Gasteiger partial charge is 0.380 e. The average Bonchev–Trinajstić information content (AvgIpc) is 2.55. The first-order valence-corrected chi connectivity index (χ1v) is 8.22. The van der Waals surface area contributed by atoms with E-state index in [9.17, 15) is 8.42 Å². The van der Waals surface area contributed by atoms with E-state index in [2.05, 4.69) is 36.6 Å². The molecule has 1 atom stereocenters. The number of sulfonamides is 1. The fraction of sp³-hybridized carbons (Fsp3) is 0.500. The molecule has 0 fully saturated rings. The molecule has 0 radical (unpaired) electrons. The number of thiophene rings is 1. The van der Waals surface area contributed by atoms with Crippen LogP contribution in [0.25, 0.3) is 0 Å². The molecule has 8 heteroatoms. The molecule has 1 heterocycles. The van der Waals surface area contributed by atoms with Gasteiger partial charge in [0.15, 0.2) is 0 Å². The summed E-state index contributed by atoms with van der Waals surface area (Å²) in [5, 5.41) is 0. The highest BCUT2D eigenvalue weighted by molar-refractivity contribution is 9.12. The van der Waals surface area contributed by atoms with E-state index in [0.29, 0.717) is 3.79 Å². The van der Waals surface area contributed by atoms with E-state index in [1.807, 2.05) is 0 Å². The maximum absolute atomic E-state index is 11.9. The van der Waals surface area contributed by atoms with Gasteiger partial charge in [-0.15, -0.1) is 11.3 Å². The first kappa shape index (κ1) is 14.6. The zero-order chi connectivity index (χ0) is 12.3. The van der Waals surface area contributed by atoms with Gasteiger partial charge in [-0.25, -0.2) is 13.1 Å². The molecule has 1 aromatic rings. The zero-order valence-electron chi connectivity index (χ0n) is 8.66. The Morgan fingerprint density at radius 2 is 2.19 bits per heavy atom. The molecule has 0 aliphatic rings. The van der Waals surface area contributed by atoms with Crippen LogP contribution in [-0.2, 0) is 14.8 Å². The predicted octanol–water partition coefficient (Wildman–Crippen LogP) is 2.59. The lowest BCUT2D eigenvalue weighted by atomic mass is 10.4. The van der Waals surface area contributed by atoms with Gasteiger partial charge in [0.25, 0.3) is 0 Å². The summed E-state index contributed by atoms with van der Waals surface area (Å²) in [6.45, 7) is 2.04. The van der Waals surface area contributed by atoms with E-state index in [1.165, 1.54) is 18.4 Å². The second kappa shape index (κ2) is 5.92. The van der Waals surface area contributed by atoms with Crippen LogP contribution in [0.15, 0.2) is 18.5 Å². The third-order valence-corrected chi connectivity index (χ3v) is 6.06. The molecule has 0 aromatic carbocycles. The number of hydrogen-bond acceptors (Lipinski definition) is 4. The molecular formula is C8H11Br2NO3S2. The summed E-state index contributed by atoms with van der Waals surface area (Å²) >= 11 is 7.77. The maximum atomic E-state index is 11.9. The van der Waals surface area contributed by atoms with Crippen molar-refractivity contribution in [1.82, 2.24) is 4.72 Å². The van der Waals surface area contributed by atoms with Gasteiger partial charge < -0.3 is 4.74 Å². The van der Waals surface area contributed by atoms with Gasteiger partial charge >= 0.3 is 0 Å². The van der Waals surface area contributed by atoms with Gasteiger partial charge in [-0.05, 0) is 44.8 Å². The van der Waals surface area contributed by atoms with Crippen LogP contribution in [0.5, 0.6) is 0 Å². The van der Waals surface area contributed by atoms with Crippen molar-refractivity contribution >= 4 is 53.2 Å². The van der Waals surface area contributed by atoms with Crippen molar-refractivity contribution in [3.63, 3.8) is 0 Å². The Morgan fingerprint density at radius 3 is 2.62 bits per heavy atom. The molecule has 1 unspecified atom stereocenters. The van der Waals surface area contributed by atoms with Crippen LogP contribution < -0.4 is 4.72 Å². The molecule has 1 aromatic heterocycles. The van der Waals surface area contributed by atoms with Crippen molar-refractivity contribution in [2.75, 3.05) is 13.7 Å². The summed E-state index contributed by atoms with van der Waals surface area (Å²) in [6.07, 6.45) is -0.157. The van der Waals surface area contributed by atoms with E-state index in [0.717, 1.165) is 3.79 Å². The van der Waals surface area contributed by atoms with Gasteiger partial charge in [-0.1, -0.05) is 0 Å². The molecule has 0 bridgehead atoms. The monoisotopic (exact) mass is 391 g/mol. The van der Waals surface area contributed by atoms with Crippen molar-refractivity contribution in [2.45, 2.75) is 17.9 Å². The summed E-state index contributed by atoms with van der Waals surface area (Å²) in [5.74, 6) is 0. The van der Waals surface area contributed by atoms with E-state index < -0.39 is 10.0 Å². The molecule has 16 heavy (non-hydrogen) atoms. The van der Waals surface area contributed by atoms with Crippen molar-refractivity contribution in [2.24, 2.45) is 0 Å². The highest BCUT2D eigenvalue weighted by Crippen LogP contribution is 2.34.